The van der Waals surface area contributed by atoms with Gasteiger partial charge in [-0.1, -0.05) is 25.0 Å². The Morgan fingerprint density at radius 3 is 2.62 bits per heavy atom. The second-order valence-corrected chi connectivity index (χ2v) is 6.01. The van der Waals surface area contributed by atoms with Gasteiger partial charge in [-0.25, -0.2) is 0 Å². The van der Waals surface area contributed by atoms with Gasteiger partial charge in [-0.3, -0.25) is 9.59 Å². The predicted molar refractivity (Wildman–Crippen MR) is 82.1 cm³/mol. The lowest BCUT2D eigenvalue weighted by molar-refractivity contribution is -0.130. The Labute approximate surface area is 125 Å². The number of likely N-dealkylation sites (tertiary alicyclic amines) is 1. The van der Waals surface area contributed by atoms with Crippen LogP contribution < -0.4 is 5.32 Å². The van der Waals surface area contributed by atoms with E-state index in [1.54, 1.807) is 0 Å². The van der Waals surface area contributed by atoms with Gasteiger partial charge in [0.05, 0.1) is 6.42 Å². The van der Waals surface area contributed by atoms with Crippen LogP contribution in [0.4, 0.5) is 5.69 Å². The highest BCUT2D eigenvalue weighted by Crippen LogP contribution is 2.24. The van der Waals surface area contributed by atoms with E-state index in [0.717, 1.165) is 49.2 Å². The number of nitrogens with one attached hydrogen (secondary N) is 1. The molecule has 1 N–H and O–H groups in total. The zero-order valence-corrected chi connectivity index (χ0v) is 12.4. The molecular weight excluding hydrogens is 264 g/mol. The zero-order valence-electron chi connectivity index (χ0n) is 12.4. The van der Waals surface area contributed by atoms with Gasteiger partial charge in [0.2, 0.25) is 11.8 Å². The first kappa shape index (κ1) is 14.1. The fraction of sp³-hybridized carbons (Fsp3) is 0.529. The number of carbonyl (C=O) groups is 2. The van der Waals surface area contributed by atoms with Crippen LogP contribution in [0.2, 0.25) is 0 Å². The van der Waals surface area contributed by atoms with E-state index in [4.69, 9.17) is 0 Å². The van der Waals surface area contributed by atoms with Crippen LogP contribution in [0.5, 0.6) is 0 Å². The molecule has 4 heteroatoms. The number of anilines is 1. The quantitative estimate of drug-likeness (QED) is 0.908. The molecule has 21 heavy (non-hydrogen) atoms. The molecule has 2 amide bonds. The molecule has 1 aromatic rings. The Morgan fingerprint density at radius 2 is 1.86 bits per heavy atom. The van der Waals surface area contributed by atoms with Gasteiger partial charge in [-0.15, -0.1) is 0 Å². The molecule has 0 bridgehead atoms. The molecule has 0 atom stereocenters. The summed E-state index contributed by atoms with van der Waals surface area (Å²) in [7, 11) is 0. The van der Waals surface area contributed by atoms with Crippen LogP contribution in [0.3, 0.4) is 0 Å². The molecule has 4 nitrogen and oxygen atoms in total. The summed E-state index contributed by atoms with van der Waals surface area (Å²) in [6.45, 7) is 1.81. The number of amides is 2. The second kappa shape index (κ2) is 6.29. The summed E-state index contributed by atoms with van der Waals surface area (Å²) in [5.41, 5.74) is 3.10. The van der Waals surface area contributed by atoms with Crippen LogP contribution in [0.1, 0.15) is 43.2 Å². The highest BCUT2D eigenvalue weighted by Gasteiger charge is 2.18. The van der Waals surface area contributed by atoms with E-state index in [-0.39, 0.29) is 11.8 Å². The lowest BCUT2D eigenvalue weighted by Gasteiger charge is -2.21. The Morgan fingerprint density at radius 1 is 1.10 bits per heavy atom. The van der Waals surface area contributed by atoms with E-state index in [1.807, 2.05) is 17.0 Å². The lowest BCUT2D eigenvalue weighted by Crippen LogP contribution is -2.33. The number of hydrogen-bond acceptors (Lipinski definition) is 2. The molecule has 1 fully saturated rings. The molecule has 1 aromatic carbocycles. The van der Waals surface area contributed by atoms with Crippen molar-refractivity contribution in [3.8, 4) is 0 Å². The van der Waals surface area contributed by atoms with Crippen molar-refractivity contribution in [3.05, 3.63) is 29.3 Å². The number of hydrogen-bond donors (Lipinski definition) is 1. The van der Waals surface area contributed by atoms with Crippen LogP contribution in [0.25, 0.3) is 0 Å². The summed E-state index contributed by atoms with van der Waals surface area (Å²) in [6, 6.07) is 5.96. The average molecular weight is 286 g/mol. The normalized spacial score (nSPS) is 18.7. The molecule has 1 saturated heterocycles. The third kappa shape index (κ3) is 3.43. The molecule has 2 aliphatic heterocycles. The first-order valence-corrected chi connectivity index (χ1v) is 7.92. The summed E-state index contributed by atoms with van der Waals surface area (Å²) >= 11 is 0. The van der Waals surface area contributed by atoms with Crippen molar-refractivity contribution in [3.63, 3.8) is 0 Å². The van der Waals surface area contributed by atoms with Gasteiger partial charge in [0.1, 0.15) is 0 Å². The maximum Gasteiger partial charge on any atom is 0.226 e. The fourth-order valence-corrected chi connectivity index (χ4v) is 3.15. The van der Waals surface area contributed by atoms with Gasteiger partial charge in [0.15, 0.2) is 0 Å². The minimum atomic E-state index is 0.0795. The van der Waals surface area contributed by atoms with Crippen LogP contribution in [0, 0.1) is 0 Å². The van der Waals surface area contributed by atoms with Crippen molar-refractivity contribution in [2.45, 2.75) is 44.9 Å². The third-order valence-electron chi connectivity index (χ3n) is 4.38. The number of carbonyl (C=O) groups excluding carboxylic acids is 2. The van der Waals surface area contributed by atoms with Crippen molar-refractivity contribution in [1.29, 1.82) is 0 Å². The first-order valence-electron chi connectivity index (χ1n) is 7.92. The maximum atomic E-state index is 12.4. The summed E-state index contributed by atoms with van der Waals surface area (Å²) in [4.78, 5) is 25.8. The van der Waals surface area contributed by atoms with Crippen molar-refractivity contribution in [1.82, 2.24) is 4.90 Å². The van der Waals surface area contributed by atoms with E-state index < -0.39 is 0 Å². The SMILES string of the molecule is O=C1CCc2cc(CC(=O)N3CCCCCC3)ccc2N1. The molecular formula is C17H22N2O2. The molecule has 2 aliphatic rings. The monoisotopic (exact) mass is 286 g/mol. The Bertz CT molecular complexity index is 546. The average Bonchev–Trinajstić information content (AvgIpc) is 2.76. The van der Waals surface area contributed by atoms with E-state index in [2.05, 4.69) is 11.4 Å². The molecule has 0 unspecified atom stereocenters. The van der Waals surface area contributed by atoms with Gasteiger partial charge in [0, 0.05) is 25.2 Å². The standard InChI is InChI=1S/C17H22N2O2/c20-16-8-6-14-11-13(5-7-15(14)18-16)12-17(21)19-9-3-1-2-4-10-19/h5,7,11H,1-4,6,8-10,12H2,(H,18,20). The molecule has 112 valence electrons. The second-order valence-electron chi connectivity index (χ2n) is 6.01. The van der Waals surface area contributed by atoms with Crippen LogP contribution in [-0.2, 0) is 22.4 Å². The number of benzene rings is 1. The van der Waals surface area contributed by atoms with Gasteiger partial charge in [-0.2, -0.15) is 0 Å². The predicted octanol–water partition coefficient (Wildman–Crippen LogP) is 2.52. The number of aryl methyl sites for hydroxylation is 1. The minimum absolute atomic E-state index is 0.0795. The molecule has 0 radical (unpaired) electrons. The molecule has 3 rings (SSSR count). The Balaban J connectivity index is 1.67. The van der Waals surface area contributed by atoms with Gasteiger partial charge in [0.25, 0.3) is 0 Å². The number of rotatable bonds is 2. The lowest BCUT2D eigenvalue weighted by atomic mass is 9.99. The van der Waals surface area contributed by atoms with Crippen molar-refractivity contribution in [2.24, 2.45) is 0 Å². The van der Waals surface area contributed by atoms with Crippen LogP contribution in [0.15, 0.2) is 18.2 Å². The van der Waals surface area contributed by atoms with Crippen molar-refractivity contribution >= 4 is 17.5 Å². The van der Waals surface area contributed by atoms with Gasteiger partial charge in [-0.05, 0) is 36.5 Å². The fourth-order valence-electron chi connectivity index (χ4n) is 3.15. The van der Waals surface area contributed by atoms with Crippen molar-refractivity contribution in [2.75, 3.05) is 18.4 Å². The van der Waals surface area contributed by atoms with E-state index >= 15 is 0 Å². The van der Waals surface area contributed by atoms with Gasteiger partial charge < -0.3 is 10.2 Å². The van der Waals surface area contributed by atoms with Crippen LogP contribution >= 0.6 is 0 Å². The summed E-state index contributed by atoms with van der Waals surface area (Å²) in [5.74, 6) is 0.313. The highest BCUT2D eigenvalue weighted by atomic mass is 16.2. The van der Waals surface area contributed by atoms with Crippen LogP contribution in [-0.4, -0.2) is 29.8 Å². The molecule has 0 aromatic heterocycles. The van der Waals surface area contributed by atoms with E-state index in [0.29, 0.717) is 12.8 Å². The maximum absolute atomic E-state index is 12.4. The topological polar surface area (TPSA) is 49.4 Å². The molecule has 0 saturated carbocycles. The van der Waals surface area contributed by atoms with Gasteiger partial charge >= 0.3 is 0 Å². The highest BCUT2D eigenvalue weighted by molar-refractivity contribution is 5.94. The molecule has 0 aliphatic carbocycles. The third-order valence-corrected chi connectivity index (χ3v) is 4.38. The van der Waals surface area contributed by atoms with Crippen molar-refractivity contribution < 1.29 is 9.59 Å². The first-order chi connectivity index (χ1) is 10.2. The molecule has 2 heterocycles. The summed E-state index contributed by atoms with van der Waals surface area (Å²) in [5, 5.41) is 2.88. The number of nitrogens with zero attached hydrogens (tertiary/aromatic N) is 1. The number of fused-ring (bicyclic) bond motifs is 1. The Hall–Kier alpha value is -1.84. The summed E-state index contributed by atoms with van der Waals surface area (Å²) < 4.78 is 0. The Kier molecular flexibility index (Phi) is 4.23. The summed E-state index contributed by atoms with van der Waals surface area (Å²) in [6.07, 6.45) is 6.51. The minimum Gasteiger partial charge on any atom is -0.342 e. The zero-order chi connectivity index (χ0) is 14.7. The molecule has 0 spiro atoms. The largest absolute Gasteiger partial charge is 0.342 e. The van der Waals surface area contributed by atoms with E-state index in [9.17, 15) is 9.59 Å². The van der Waals surface area contributed by atoms with E-state index in [1.165, 1.54) is 12.8 Å². The smallest absolute Gasteiger partial charge is 0.226 e.